The van der Waals surface area contributed by atoms with Crippen LogP contribution >= 0.6 is 0 Å². The van der Waals surface area contributed by atoms with Crippen LogP contribution in [0.1, 0.15) is 51.4 Å². The maximum atomic E-state index is 12.0. The van der Waals surface area contributed by atoms with Gasteiger partial charge in [-0.15, -0.1) is 0 Å². The number of nitrogens with zero attached hydrogens (tertiary/aromatic N) is 2. The van der Waals surface area contributed by atoms with E-state index in [1.807, 2.05) is 0 Å². The molecule has 6 rings (SSSR count). The van der Waals surface area contributed by atoms with Crippen molar-refractivity contribution in [2.45, 2.75) is 74.5 Å². The van der Waals surface area contributed by atoms with Crippen molar-refractivity contribution in [3.8, 4) is 0 Å². The van der Waals surface area contributed by atoms with Gasteiger partial charge >= 0.3 is 0 Å². The van der Waals surface area contributed by atoms with Crippen LogP contribution in [0.25, 0.3) is 0 Å². The van der Waals surface area contributed by atoms with Crippen molar-refractivity contribution in [1.82, 2.24) is 15.1 Å². The third-order valence-corrected chi connectivity index (χ3v) is 6.92. The number of hydrogen-bond acceptors (Lipinski definition) is 4. The number of nitrogens with one attached hydrogen (secondary N) is 1. The van der Waals surface area contributed by atoms with Crippen LogP contribution in [0.5, 0.6) is 0 Å². The highest BCUT2D eigenvalue weighted by Crippen LogP contribution is 2.62. The lowest BCUT2D eigenvalue weighted by Crippen LogP contribution is -2.66. The molecule has 6 aliphatic rings. The average Bonchev–Trinajstić information content (AvgIpc) is 3.20. The third-order valence-electron chi connectivity index (χ3n) is 6.92. The Morgan fingerprint density at radius 2 is 1.68 bits per heavy atom. The SMILES string of the molecule is O=C1C=CC(=O)N1C12CCC(N3CNC4CCCCC43)(C1)C2. The highest BCUT2D eigenvalue weighted by molar-refractivity contribution is 6.13. The van der Waals surface area contributed by atoms with E-state index in [1.54, 1.807) is 4.90 Å². The van der Waals surface area contributed by atoms with Crippen LogP contribution in [0, 0.1) is 0 Å². The Hall–Kier alpha value is -1.20. The molecular weight excluding hydrogens is 278 g/mol. The van der Waals surface area contributed by atoms with E-state index >= 15 is 0 Å². The van der Waals surface area contributed by atoms with Crippen LogP contribution in [0.4, 0.5) is 0 Å². The van der Waals surface area contributed by atoms with E-state index in [9.17, 15) is 9.59 Å². The van der Waals surface area contributed by atoms with Gasteiger partial charge in [-0.1, -0.05) is 12.8 Å². The minimum absolute atomic E-state index is 0.101. The second kappa shape index (κ2) is 4.20. The molecule has 2 amide bonds. The van der Waals surface area contributed by atoms with Gasteiger partial charge in [0.05, 0.1) is 5.54 Å². The number of carbonyl (C=O) groups excluding carboxylic acids is 2. The summed E-state index contributed by atoms with van der Waals surface area (Å²) in [5.41, 5.74) is 0.0668. The molecule has 5 fully saturated rings. The summed E-state index contributed by atoms with van der Waals surface area (Å²) in [5, 5.41) is 3.70. The van der Waals surface area contributed by atoms with E-state index in [0.717, 1.165) is 32.4 Å². The number of hydrogen-bond donors (Lipinski definition) is 1. The van der Waals surface area contributed by atoms with Gasteiger partial charge in [-0.25, -0.2) is 0 Å². The lowest BCUT2D eigenvalue weighted by Gasteiger charge is -2.56. The van der Waals surface area contributed by atoms with Gasteiger partial charge in [0.25, 0.3) is 11.8 Å². The fourth-order valence-corrected chi connectivity index (χ4v) is 6.05. The van der Waals surface area contributed by atoms with Crippen molar-refractivity contribution < 1.29 is 9.59 Å². The molecule has 5 nitrogen and oxygen atoms in total. The van der Waals surface area contributed by atoms with E-state index in [1.165, 1.54) is 37.8 Å². The topological polar surface area (TPSA) is 52.7 Å². The summed E-state index contributed by atoms with van der Waals surface area (Å²) >= 11 is 0. The minimum Gasteiger partial charge on any atom is -0.300 e. The first-order valence-corrected chi connectivity index (χ1v) is 8.70. The number of imide groups is 1. The molecule has 4 saturated carbocycles. The van der Waals surface area contributed by atoms with Gasteiger partial charge in [-0.3, -0.25) is 24.7 Å². The number of fused-ring (bicyclic) bond motifs is 2. The summed E-state index contributed by atoms with van der Waals surface area (Å²) in [6, 6.07) is 1.34. The zero-order valence-corrected chi connectivity index (χ0v) is 12.9. The highest BCUT2D eigenvalue weighted by Gasteiger charge is 2.69. The molecule has 0 aromatic rings. The zero-order chi connectivity index (χ0) is 14.9. The van der Waals surface area contributed by atoms with Crippen LogP contribution < -0.4 is 5.32 Å². The van der Waals surface area contributed by atoms with Gasteiger partial charge in [-0.05, 0) is 38.5 Å². The molecule has 1 N–H and O–H groups in total. The van der Waals surface area contributed by atoms with Crippen LogP contribution in [0.3, 0.4) is 0 Å². The molecule has 2 unspecified atom stereocenters. The van der Waals surface area contributed by atoms with E-state index < -0.39 is 0 Å². The van der Waals surface area contributed by atoms with Gasteiger partial charge in [-0.2, -0.15) is 0 Å². The van der Waals surface area contributed by atoms with Gasteiger partial charge in [0.15, 0.2) is 0 Å². The molecule has 0 spiro atoms. The molecule has 2 atom stereocenters. The third kappa shape index (κ3) is 1.51. The van der Waals surface area contributed by atoms with E-state index in [0.29, 0.717) is 12.1 Å². The van der Waals surface area contributed by atoms with E-state index in [-0.39, 0.29) is 22.9 Å². The van der Waals surface area contributed by atoms with Gasteiger partial charge in [0.1, 0.15) is 0 Å². The number of amides is 2. The first-order chi connectivity index (χ1) is 10.6. The Morgan fingerprint density at radius 3 is 2.45 bits per heavy atom. The lowest BCUT2D eigenvalue weighted by atomic mass is 9.68. The van der Waals surface area contributed by atoms with Crippen molar-refractivity contribution in [1.29, 1.82) is 0 Å². The fraction of sp³-hybridized carbons (Fsp3) is 0.765. The maximum absolute atomic E-state index is 12.0. The number of rotatable bonds is 2. The van der Waals surface area contributed by atoms with Crippen molar-refractivity contribution in [2.75, 3.05) is 6.67 Å². The molecule has 1 saturated heterocycles. The Labute approximate surface area is 130 Å². The largest absolute Gasteiger partial charge is 0.300 e. The molecule has 2 aliphatic heterocycles. The molecular formula is C17H23N3O2. The van der Waals surface area contributed by atoms with Crippen molar-refractivity contribution in [2.24, 2.45) is 0 Å². The second-order valence-corrected chi connectivity index (χ2v) is 7.94. The molecule has 4 aliphatic carbocycles. The minimum atomic E-state index is -0.176. The van der Waals surface area contributed by atoms with E-state index in [4.69, 9.17) is 0 Å². The van der Waals surface area contributed by atoms with Crippen molar-refractivity contribution in [3.63, 3.8) is 0 Å². The maximum Gasteiger partial charge on any atom is 0.254 e. The van der Waals surface area contributed by atoms with Crippen LogP contribution in [-0.4, -0.2) is 51.4 Å². The van der Waals surface area contributed by atoms with E-state index in [2.05, 4.69) is 10.2 Å². The van der Waals surface area contributed by atoms with Crippen molar-refractivity contribution in [3.05, 3.63) is 12.2 Å². The molecule has 0 radical (unpaired) electrons. The molecule has 0 aromatic carbocycles. The number of carbonyl (C=O) groups is 2. The van der Waals surface area contributed by atoms with Gasteiger partial charge in [0, 0.05) is 36.4 Å². The summed E-state index contributed by atoms with van der Waals surface area (Å²) < 4.78 is 0. The van der Waals surface area contributed by atoms with Crippen LogP contribution in [0.15, 0.2) is 12.2 Å². The standard InChI is InChI=1S/C17H23N3O2/c21-14-5-6-15(22)20(14)17-8-7-16(9-17,10-17)19-11-18-12-3-1-2-4-13(12)19/h5-6,12-13,18H,1-4,7-11H2. The van der Waals surface area contributed by atoms with Crippen molar-refractivity contribution >= 4 is 11.8 Å². The Kier molecular flexibility index (Phi) is 2.53. The average molecular weight is 301 g/mol. The summed E-state index contributed by atoms with van der Waals surface area (Å²) in [4.78, 5) is 28.3. The quantitative estimate of drug-likeness (QED) is 0.778. The van der Waals surface area contributed by atoms with Gasteiger partial charge in [0.2, 0.25) is 0 Å². The summed E-state index contributed by atoms with van der Waals surface area (Å²) in [6.45, 7) is 0.992. The monoisotopic (exact) mass is 301 g/mol. The summed E-state index contributed by atoms with van der Waals surface area (Å²) in [7, 11) is 0. The first kappa shape index (κ1) is 13.3. The predicted octanol–water partition coefficient (Wildman–Crippen LogP) is 1.15. The Bertz CT molecular complexity index is 560. The smallest absolute Gasteiger partial charge is 0.254 e. The molecule has 2 heterocycles. The molecule has 2 bridgehead atoms. The summed E-state index contributed by atoms with van der Waals surface area (Å²) in [5.74, 6) is -0.203. The molecule has 118 valence electrons. The lowest BCUT2D eigenvalue weighted by molar-refractivity contribution is -0.151. The first-order valence-electron chi connectivity index (χ1n) is 8.70. The van der Waals surface area contributed by atoms with Crippen LogP contribution in [0.2, 0.25) is 0 Å². The zero-order valence-electron chi connectivity index (χ0n) is 12.9. The Morgan fingerprint density at radius 1 is 1.00 bits per heavy atom. The van der Waals surface area contributed by atoms with Gasteiger partial charge < -0.3 is 0 Å². The summed E-state index contributed by atoms with van der Waals surface area (Å²) in [6.07, 6.45) is 12.3. The molecule has 22 heavy (non-hydrogen) atoms. The molecule has 5 heteroatoms. The fourth-order valence-electron chi connectivity index (χ4n) is 6.05. The predicted molar refractivity (Wildman–Crippen MR) is 80.8 cm³/mol. The van der Waals surface area contributed by atoms with Crippen LogP contribution in [-0.2, 0) is 9.59 Å². The second-order valence-electron chi connectivity index (χ2n) is 7.94. The normalized spacial score (nSPS) is 47.2. The highest BCUT2D eigenvalue weighted by atomic mass is 16.2. The Balaban J connectivity index is 1.37. The molecule has 0 aromatic heterocycles.